The Labute approximate surface area is 186 Å². The van der Waals surface area contributed by atoms with Gasteiger partial charge in [0.15, 0.2) is 0 Å². The molecular formula is C18H26F13NO2. The molecule has 0 unspecified atom stereocenters. The van der Waals surface area contributed by atoms with Gasteiger partial charge in [-0.05, 0) is 12.8 Å². The van der Waals surface area contributed by atoms with Crippen LogP contribution in [-0.2, 0) is 0 Å². The zero-order chi connectivity index (χ0) is 27.2. The van der Waals surface area contributed by atoms with Crippen LogP contribution in [0.1, 0.15) is 57.8 Å². The van der Waals surface area contributed by atoms with Gasteiger partial charge in [-0.15, -0.1) is 0 Å². The van der Waals surface area contributed by atoms with Gasteiger partial charge in [0.25, 0.3) is 0 Å². The summed E-state index contributed by atoms with van der Waals surface area (Å²) < 4.78 is 169. The molecule has 4 N–H and O–H groups in total. The van der Waals surface area contributed by atoms with Crippen molar-refractivity contribution in [1.82, 2.24) is 0 Å². The van der Waals surface area contributed by atoms with Gasteiger partial charge in [-0.3, -0.25) is 0 Å². The molecule has 0 aliphatic carbocycles. The van der Waals surface area contributed by atoms with Gasteiger partial charge in [-0.25, -0.2) is 0 Å². The monoisotopic (exact) mass is 535 g/mol. The van der Waals surface area contributed by atoms with E-state index in [-0.39, 0.29) is 19.3 Å². The Hall–Kier alpha value is -1.03. The lowest BCUT2D eigenvalue weighted by Crippen LogP contribution is -2.70. The van der Waals surface area contributed by atoms with E-state index in [1.54, 1.807) is 0 Å². The lowest BCUT2D eigenvalue weighted by Gasteiger charge is -2.39. The summed E-state index contributed by atoms with van der Waals surface area (Å²) in [5, 5.41) is 18.3. The van der Waals surface area contributed by atoms with Crippen LogP contribution in [0.4, 0.5) is 57.1 Å². The van der Waals surface area contributed by atoms with Crippen molar-refractivity contribution in [1.29, 1.82) is 0 Å². The zero-order valence-electron chi connectivity index (χ0n) is 17.6. The molecule has 0 amide bonds. The van der Waals surface area contributed by atoms with Crippen molar-refractivity contribution in [3.05, 3.63) is 0 Å². The Balaban J connectivity index is 4.79. The van der Waals surface area contributed by atoms with Crippen LogP contribution in [0.25, 0.3) is 0 Å². The standard InChI is InChI=1S/C18H26F13NO2/c19-13(20,9-7-5-3-1-2-4-6-8-12(34)11(32)10-33)14(21,22)15(23,24)16(25,26)17(27,28)18(29,30)31/h11-12,33-34H,1-10,32H2/t11-,12-/m0/s1. The molecule has 0 saturated heterocycles. The normalized spacial score (nSPS) is 16.6. The second-order valence-electron chi connectivity index (χ2n) is 7.93. The number of rotatable bonds is 16. The van der Waals surface area contributed by atoms with Gasteiger partial charge in [0.2, 0.25) is 0 Å². The van der Waals surface area contributed by atoms with E-state index < -0.39 is 67.4 Å². The van der Waals surface area contributed by atoms with Crippen LogP contribution < -0.4 is 5.73 Å². The first-order chi connectivity index (χ1) is 15.1. The molecule has 0 radical (unpaired) electrons. The highest BCUT2D eigenvalue weighted by molar-refractivity contribution is 5.10. The van der Waals surface area contributed by atoms with Crippen molar-refractivity contribution in [2.45, 2.75) is 106 Å². The summed E-state index contributed by atoms with van der Waals surface area (Å²) >= 11 is 0. The molecule has 16 heteroatoms. The molecule has 0 rings (SSSR count). The number of hydrogen-bond donors (Lipinski definition) is 3. The molecule has 0 aromatic carbocycles. The van der Waals surface area contributed by atoms with Gasteiger partial charge >= 0.3 is 35.8 Å². The molecular weight excluding hydrogens is 509 g/mol. The SMILES string of the molecule is N[C@@H](CO)[C@@H](O)CCCCCCCCCC(F)(F)C(F)(F)C(F)(F)C(F)(F)C(F)(F)C(F)(F)F. The van der Waals surface area contributed by atoms with Gasteiger partial charge < -0.3 is 15.9 Å². The Kier molecular flexibility index (Phi) is 11.4. The average Bonchev–Trinajstić information content (AvgIpc) is 2.70. The van der Waals surface area contributed by atoms with E-state index in [4.69, 9.17) is 10.8 Å². The van der Waals surface area contributed by atoms with E-state index in [0.717, 1.165) is 0 Å². The molecule has 0 heterocycles. The maximum Gasteiger partial charge on any atom is 0.460 e. The first-order valence-corrected chi connectivity index (χ1v) is 10.1. The molecule has 0 aromatic rings. The van der Waals surface area contributed by atoms with Gasteiger partial charge in [-0.1, -0.05) is 38.5 Å². The zero-order valence-corrected chi connectivity index (χ0v) is 17.6. The van der Waals surface area contributed by atoms with Crippen molar-refractivity contribution in [3.63, 3.8) is 0 Å². The van der Waals surface area contributed by atoms with Crippen LogP contribution in [0, 0.1) is 0 Å². The molecule has 0 saturated carbocycles. The first kappa shape index (κ1) is 33.0. The maximum absolute atomic E-state index is 13.6. The number of hydrogen-bond acceptors (Lipinski definition) is 3. The van der Waals surface area contributed by atoms with Gasteiger partial charge in [-0.2, -0.15) is 57.1 Å². The molecule has 0 aromatic heterocycles. The number of unbranched alkanes of at least 4 members (excludes halogenated alkanes) is 6. The van der Waals surface area contributed by atoms with Crippen LogP contribution in [-0.4, -0.2) is 64.8 Å². The molecule has 2 atom stereocenters. The van der Waals surface area contributed by atoms with Gasteiger partial charge in [0.05, 0.1) is 18.8 Å². The predicted molar refractivity (Wildman–Crippen MR) is 93.4 cm³/mol. The Morgan fingerprint density at radius 3 is 1.35 bits per heavy atom. The number of alkyl halides is 13. The third-order valence-electron chi connectivity index (χ3n) is 5.19. The van der Waals surface area contributed by atoms with Crippen molar-refractivity contribution < 1.29 is 67.3 Å². The second-order valence-corrected chi connectivity index (χ2v) is 7.93. The Morgan fingerprint density at radius 2 is 0.941 bits per heavy atom. The fourth-order valence-corrected chi connectivity index (χ4v) is 2.88. The molecule has 0 aliphatic rings. The van der Waals surface area contributed by atoms with Crippen LogP contribution in [0.2, 0.25) is 0 Å². The third-order valence-corrected chi connectivity index (χ3v) is 5.19. The predicted octanol–water partition coefficient (Wildman–Crippen LogP) is 5.92. The molecule has 0 bridgehead atoms. The van der Waals surface area contributed by atoms with Crippen molar-refractivity contribution in [3.8, 4) is 0 Å². The van der Waals surface area contributed by atoms with Crippen molar-refractivity contribution in [2.75, 3.05) is 6.61 Å². The highest BCUT2D eigenvalue weighted by Crippen LogP contribution is 2.60. The molecule has 3 nitrogen and oxygen atoms in total. The number of aliphatic hydroxyl groups excluding tert-OH is 2. The summed E-state index contributed by atoms with van der Waals surface area (Å²) in [5.74, 6) is -36.5. The summed E-state index contributed by atoms with van der Waals surface area (Å²) in [6, 6.07) is -0.827. The molecule has 0 spiro atoms. The summed E-state index contributed by atoms with van der Waals surface area (Å²) in [5.41, 5.74) is 5.38. The summed E-state index contributed by atoms with van der Waals surface area (Å²) in [6.07, 6.45) is -9.52. The number of aliphatic hydroxyl groups is 2. The first-order valence-electron chi connectivity index (χ1n) is 10.1. The summed E-state index contributed by atoms with van der Waals surface area (Å²) in [4.78, 5) is 0. The molecule has 206 valence electrons. The van der Waals surface area contributed by atoms with E-state index >= 15 is 0 Å². The number of nitrogens with two attached hydrogens (primary N) is 1. The fraction of sp³-hybridized carbons (Fsp3) is 1.00. The van der Waals surface area contributed by atoms with E-state index in [0.29, 0.717) is 25.7 Å². The van der Waals surface area contributed by atoms with Crippen molar-refractivity contribution >= 4 is 0 Å². The topological polar surface area (TPSA) is 66.5 Å². The fourth-order valence-electron chi connectivity index (χ4n) is 2.88. The van der Waals surface area contributed by atoms with E-state index in [1.807, 2.05) is 0 Å². The molecule has 0 aliphatic heterocycles. The van der Waals surface area contributed by atoms with Gasteiger partial charge in [0, 0.05) is 6.42 Å². The summed E-state index contributed by atoms with van der Waals surface area (Å²) in [7, 11) is 0. The average molecular weight is 535 g/mol. The van der Waals surface area contributed by atoms with Crippen LogP contribution in [0.3, 0.4) is 0 Å². The van der Waals surface area contributed by atoms with Crippen LogP contribution >= 0.6 is 0 Å². The minimum Gasteiger partial charge on any atom is -0.395 e. The summed E-state index contributed by atoms with van der Waals surface area (Å²) in [6.45, 7) is -0.431. The van der Waals surface area contributed by atoms with Crippen LogP contribution in [0.5, 0.6) is 0 Å². The number of halogens is 13. The highest BCUT2D eigenvalue weighted by atomic mass is 19.4. The lowest BCUT2D eigenvalue weighted by molar-refractivity contribution is -0.440. The smallest absolute Gasteiger partial charge is 0.395 e. The van der Waals surface area contributed by atoms with E-state index in [1.165, 1.54) is 0 Å². The Morgan fingerprint density at radius 1 is 0.559 bits per heavy atom. The molecule has 0 fully saturated rings. The van der Waals surface area contributed by atoms with E-state index in [9.17, 15) is 62.2 Å². The highest BCUT2D eigenvalue weighted by Gasteiger charge is 2.90. The largest absolute Gasteiger partial charge is 0.460 e. The Bertz CT molecular complexity index is 611. The lowest BCUT2D eigenvalue weighted by atomic mass is 9.91. The third kappa shape index (κ3) is 7.02. The maximum atomic E-state index is 13.6. The van der Waals surface area contributed by atoms with Crippen molar-refractivity contribution in [2.24, 2.45) is 5.73 Å². The van der Waals surface area contributed by atoms with Gasteiger partial charge in [0.1, 0.15) is 0 Å². The second kappa shape index (κ2) is 11.8. The minimum atomic E-state index is -7.86. The minimum absolute atomic E-state index is 0.110. The molecule has 34 heavy (non-hydrogen) atoms. The van der Waals surface area contributed by atoms with E-state index in [2.05, 4.69) is 0 Å². The van der Waals surface area contributed by atoms with Crippen LogP contribution in [0.15, 0.2) is 0 Å². The quantitative estimate of drug-likeness (QED) is 0.170.